The first kappa shape index (κ1) is 14.5. The fourth-order valence-electron chi connectivity index (χ4n) is 2.00. The van der Waals surface area contributed by atoms with Crippen molar-refractivity contribution in [2.75, 3.05) is 18.0 Å². The number of nitro benzene ring substituents is 1. The minimum atomic E-state index is -2.69. The highest BCUT2D eigenvalue weighted by Crippen LogP contribution is 2.39. The van der Waals surface area contributed by atoms with Gasteiger partial charge in [0, 0.05) is 36.5 Å². The van der Waals surface area contributed by atoms with E-state index in [9.17, 15) is 18.9 Å². The summed E-state index contributed by atoms with van der Waals surface area (Å²) in [5.41, 5.74) is 0.148. The predicted octanol–water partition coefficient (Wildman–Crippen LogP) is 4.25. The zero-order valence-corrected chi connectivity index (χ0v) is 12.0. The Morgan fingerprint density at radius 2 is 1.95 bits per heavy atom. The Bertz CT molecular complexity index is 518. The average Bonchev–Trinajstić information content (AvgIpc) is 2.32. The van der Waals surface area contributed by atoms with E-state index < -0.39 is 10.8 Å². The van der Waals surface area contributed by atoms with Gasteiger partial charge >= 0.3 is 0 Å². The Labute approximate surface area is 121 Å². The summed E-state index contributed by atoms with van der Waals surface area (Å²) in [6, 6.07) is 2.73. The molecule has 0 aromatic heterocycles. The van der Waals surface area contributed by atoms with Crippen molar-refractivity contribution < 1.29 is 13.7 Å². The third-order valence-electron chi connectivity index (χ3n) is 3.05. The Morgan fingerprint density at radius 1 is 1.37 bits per heavy atom. The number of alkyl halides is 2. The molecular formula is C11H10BrClF2N2O2. The van der Waals surface area contributed by atoms with Crippen LogP contribution >= 0.6 is 27.5 Å². The summed E-state index contributed by atoms with van der Waals surface area (Å²) in [6.07, 6.45) is -0.615. The lowest BCUT2D eigenvalue weighted by atomic mass is 10.1. The van der Waals surface area contributed by atoms with Gasteiger partial charge in [0.25, 0.3) is 11.6 Å². The predicted molar refractivity (Wildman–Crippen MR) is 72.2 cm³/mol. The maximum Gasteiger partial charge on any atom is 0.293 e. The highest BCUT2D eigenvalue weighted by molar-refractivity contribution is 9.10. The fourth-order valence-corrected chi connectivity index (χ4v) is 2.49. The van der Waals surface area contributed by atoms with Gasteiger partial charge < -0.3 is 4.90 Å². The summed E-state index contributed by atoms with van der Waals surface area (Å²) in [5.74, 6) is -2.69. The molecule has 0 N–H and O–H groups in total. The van der Waals surface area contributed by atoms with Crippen molar-refractivity contribution in [1.29, 1.82) is 0 Å². The first-order valence-corrected chi connectivity index (χ1v) is 6.73. The van der Waals surface area contributed by atoms with Crippen LogP contribution in [0.4, 0.5) is 20.2 Å². The minimum absolute atomic E-state index is 0.0752. The molecule has 4 nitrogen and oxygen atoms in total. The van der Waals surface area contributed by atoms with Crippen LogP contribution in [0.1, 0.15) is 12.8 Å². The molecule has 1 fully saturated rings. The molecular weight excluding hydrogens is 345 g/mol. The number of halogens is 4. The molecule has 0 atom stereocenters. The molecule has 8 heteroatoms. The molecule has 19 heavy (non-hydrogen) atoms. The van der Waals surface area contributed by atoms with Crippen LogP contribution < -0.4 is 4.90 Å². The normalized spacial score (nSPS) is 18.4. The largest absolute Gasteiger partial charge is 0.365 e. The van der Waals surface area contributed by atoms with Gasteiger partial charge in [-0.05, 0) is 22.0 Å². The van der Waals surface area contributed by atoms with Crippen LogP contribution in [0.3, 0.4) is 0 Å². The van der Waals surface area contributed by atoms with E-state index in [0.29, 0.717) is 9.50 Å². The van der Waals surface area contributed by atoms with Crippen molar-refractivity contribution in [3.8, 4) is 0 Å². The van der Waals surface area contributed by atoms with Crippen LogP contribution in [-0.4, -0.2) is 23.9 Å². The molecule has 2 rings (SSSR count). The standard InChI is InChI=1S/C11H10BrClF2N2O2/c12-7-5-10(17(18)19)9(6-8(7)13)16-3-1-11(14,15)2-4-16/h5-6H,1-4H2. The van der Waals surface area contributed by atoms with Crippen molar-refractivity contribution in [3.05, 3.63) is 31.7 Å². The van der Waals surface area contributed by atoms with E-state index in [1.165, 1.54) is 12.1 Å². The Kier molecular flexibility index (Phi) is 3.96. The number of benzene rings is 1. The van der Waals surface area contributed by atoms with E-state index in [1.54, 1.807) is 4.90 Å². The van der Waals surface area contributed by atoms with Crippen LogP contribution in [0, 0.1) is 10.1 Å². The molecule has 0 radical (unpaired) electrons. The molecule has 1 aromatic rings. The number of hydrogen-bond acceptors (Lipinski definition) is 3. The smallest absolute Gasteiger partial charge is 0.293 e. The monoisotopic (exact) mass is 354 g/mol. The SMILES string of the molecule is O=[N+]([O-])c1cc(Br)c(Cl)cc1N1CCC(F)(F)CC1. The molecule has 1 heterocycles. The van der Waals surface area contributed by atoms with E-state index in [1.807, 2.05) is 0 Å². The first-order valence-electron chi connectivity index (χ1n) is 5.56. The number of rotatable bonds is 2. The third-order valence-corrected chi connectivity index (χ3v) is 4.25. The first-order chi connectivity index (χ1) is 8.80. The number of piperidine rings is 1. The molecule has 1 aliphatic rings. The second-order valence-electron chi connectivity index (χ2n) is 4.36. The zero-order chi connectivity index (χ0) is 14.2. The van der Waals surface area contributed by atoms with Crippen molar-refractivity contribution in [3.63, 3.8) is 0 Å². The van der Waals surface area contributed by atoms with Gasteiger partial charge in [0.1, 0.15) is 5.69 Å². The molecule has 0 amide bonds. The summed E-state index contributed by atoms with van der Waals surface area (Å²) in [5, 5.41) is 11.3. The van der Waals surface area contributed by atoms with Crippen LogP contribution in [0.25, 0.3) is 0 Å². The van der Waals surface area contributed by atoms with E-state index in [-0.39, 0.29) is 37.3 Å². The maximum absolute atomic E-state index is 13.1. The number of hydrogen-bond donors (Lipinski definition) is 0. The highest BCUT2D eigenvalue weighted by Gasteiger charge is 2.35. The third kappa shape index (κ3) is 3.14. The summed E-state index contributed by atoms with van der Waals surface area (Å²) in [4.78, 5) is 12.1. The van der Waals surface area contributed by atoms with Gasteiger partial charge in [-0.15, -0.1) is 0 Å². The number of nitrogens with zero attached hydrogens (tertiary/aromatic N) is 2. The molecule has 1 aliphatic heterocycles. The Morgan fingerprint density at radius 3 is 2.47 bits per heavy atom. The molecule has 0 aliphatic carbocycles. The van der Waals surface area contributed by atoms with E-state index >= 15 is 0 Å². The number of anilines is 1. The van der Waals surface area contributed by atoms with Gasteiger partial charge in [0.15, 0.2) is 0 Å². The summed E-state index contributed by atoms with van der Waals surface area (Å²) in [6.45, 7) is 0.150. The van der Waals surface area contributed by atoms with Crippen molar-refractivity contribution >= 4 is 38.9 Å². The topological polar surface area (TPSA) is 46.4 Å². The fraction of sp³-hybridized carbons (Fsp3) is 0.455. The molecule has 1 saturated heterocycles. The van der Waals surface area contributed by atoms with Crippen molar-refractivity contribution in [2.45, 2.75) is 18.8 Å². The summed E-state index contributed by atoms with van der Waals surface area (Å²) < 4.78 is 26.6. The Hall–Kier alpha value is -0.950. The molecule has 104 valence electrons. The summed E-state index contributed by atoms with van der Waals surface area (Å²) >= 11 is 9.04. The number of nitro groups is 1. The Balaban J connectivity index is 2.34. The molecule has 0 bridgehead atoms. The second kappa shape index (κ2) is 5.20. The van der Waals surface area contributed by atoms with E-state index in [2.05, 4.69) is 15.9 Å². The lowest BCUT2D eigenvalue weighted by molar-refractivity contribution is -0.384. The van der Waals surface area contributed by atoms with Gasteiger partial charge in [0.2, 0.25) is 0 Å². The van der Waals surface area contributed by atoms with E-state index in [0.717, 1.165) is 0 Å². The molecule has 0 unspecified atom stereocenters. The average molecular weight is 356 g/mol. The van der Waals surface area contributed by atoms with Crippen molar-refractivity contribution in [1.82, 2.24) is 0 Å². The van der Waals surface area contributed by atoms with Gasteiger partial charge in [-0.3, -0.25) is 10.1 Å². The van der Waals surface area contributed by atoms with Crippen LogP contribution in [0.15, 0.2) is 16.6 Å². The zero-order valence-electron chi connectivity index (χ0n) is 9.71. The van der Waals surface area contributed by atoms with Crippen LogP contribution in [0.5, 0.6) is 0 Å². The second-order valence-corrected chi connectivity index (χ2v) is 5.62. The molecule has 0 saturated carbocycles. The lowest BCUT2D eigenvalue weighted by Crippen LogP contribution is -2.39. The van der Waals surface area contributed by atoms with Gasteiger partial charge in [-0.1, -0.05) is 11.6 Å². The quantitative estimate of drug-likeness (QED) is 0.588. The minimum Gasteiger partial charge on any atom is -0.365 e. The van der Waals surface area contributed by atoms with Crippen molar-refractivity contribution in [2.24, 2.45) is 0 Å². The van der Waals surface area contributed by atoms with Crippen LogP contribution in [0.2, 0.25) is 5.02 Å². The van der Waals surface area contributed by atoms with Gasteiger partial charge in [0.05, 0.1) is 9.95 Å². The lowest BCUT2D eigenvalue weighted by Gasteiger charge is -2.33. The van der Waals surface area contributed by atoms with Gasteiger partial charge in [-0.2, -0.15) is 0 Å². The molecule has 0 spiro atoms. The highest BCUT2D eigenvalue weighted by atomic mass is 79.9. The maximum atomic E-state index is 13.1. The van der Waals surface area contributed by atoms with E-state index in [4.69, 9.17) is 11.6 Å². The van der Waals surface area contributed by atoms with Gasteiger partial charge in [-0.25, -0.2) is 8.78 Å². The molecule has 1 aromatic carbocycles. The summed E-state index contributed by atoms with van der Waals surface area (Å²) in [7, 11) is 0. The van der Waals surface area contributed by atoms with Crippen LogP contribution in [-0.2, 0) is 0 Å².